The van der Waals surface area contributed by atoms with Gasteiger partial charge in [-0.1, -0.05) is 26.0 Å². The molecule has 1 aromatic rings. The lowest BCUT2D eigenvalue weighted by Crippen LogP contribution is -2.30. The monoisotopic (exact) mass is 297 g/mol. The van der Waals surface area contributed by atoms with Crippen LogP contribution >= 0.6 is 0 Å². The van der Waals surface area contributed by atoms with Crippen molar-refractivity contribution in [2.24, 2.45) is 5.92 Å². The number of aliphatic hydroxyl groups excluding tert-OH is 1. The van der Waals surface area contributed by atoms with Crippen LogP contribution in [0.1, 0.15) is 38.7 Å². The molecule has 1 N–H and O–H groups in total. The van der Waals surface area contributed by atoms with E-state index in [-0.39, 0.29) is 5.92 Å². The maximum absolute atomic E-state index is 12.5. The van der Waals surface area contributed by atoms with Crippen molar-refractivity contribution in [1.29, 1.82) is 0 Å². The van der Waals surface area contributed by atoms with E-state index in [1.54, 1.807) is 19.1 Å². The van der Waals surface area contributed by atoms with Gasteiger partial charge in [-0.05, 0) is 42.9 Å². The third-order valence-corrected chi connectivity index (χ3v) is 5.93. The first-order chi connectivity index (χ1) is 9.32. The zero-order valence-electron chi connectivity index (χ0n) is 12.3. The Hall–Kier alpha value is -0.910. The smallest absolute Gasteiger partial charge is 0.243 e. The maximum atomic E-state index is 12.5. The molecule has 1 fully saturated rings. The van der Waals surface area contributed by atoms with E-state index in [0.717, 1.165) is 12.0 Å². The molecule has 0 aliphatic carbocycles. The molecule has 1 aliphatic rings. The Bertz CT molecular complexity index is 549. The van der Waals surface area contributed by atoms with Crippen molar-refractivity contribution >= 4 is 10.0 Å². The summed E-state index contributed by atoms with van der Waals surface area (Å²) in [6.45, 7) is 6.78. The Kier molecular flexibility index (Phi) is 4.52. The molecule has 4 nitrogen and oxygen atoms in total. The second-order valence-electron chi connectivity index (χ2n) is 5.88. The van der Waals surface area contributed by atoms with Gasteiger partial charge < -0.3 is 5.11 Å². The van der Waals surface area contributed by atoms with Crippen molar-refractivity contribution in [2.45, 2.75) is 44.1 Å². The van der Waals surface area contributed by atoms with Crippen LogP contribution in [0.3, 0.4) is 0 Å². The molecule has 5 heteroatoms. The number of aliphatic hydroxyl groups is 1. The summed E-state index contributed by atoms with van der Waals surface area (Å²) in [5, 5.41) is 9.58. The minimum atomic E-state index is -3.43. The molecule has 2 rings (SSSR count). The fraction of sp³-hybridized carbons (Fsp3) is 0.600. The lowest BCUT2D eigenvalue weighted by molar-refractivity contribution is 0.133. The Labute approximate surface area is 121 Å². The van der Waals surface area contributed by atoms with E-state index < -0.39 is 16.1 Å². The molecule has 0 saturated carbocycles. The van der Waals surface area contributed by atoms with Crippen molar-refractivity contribution in [2.75, 3.05) is 13.1 Å². The van der Waals surface area contributed by atoms with Crippen molar-refractivity contribution in [3.8, 4) is 0 Å². The summed E-state index contributed by atoms with van der Waals surface area (Å²) < 4.78 is 26.5. The quantitative estimate of drug-likeness (QED) is 0.927. The zero-order valence-corrected chi connectivity index (χ0v) is 13.1. The predicted molar refractivity (Wildman–Crippen MR) is 79.1 cm³/mol. The molecule has 0 radical (unpaired) electrons. The van der Waals surface area contributed by atoms with Gasteiger partial charge in [-0.2, -0.15) is 4.31 Å². The van der Waals surface area contributed by atoms with Crippen LogP contribution in [-0.4, -0.2) is 37.0 Å². The molecule has 0 amide bonds. The second kappa shape index (κ2) is 5.84. The lowest BCUT2D eigenvalue weighted by atomic mass is 10.0. The molecule has 20 heavy (non-hydrogen) atoms. The van der Waals surface area contributed by atoms with Gasteiger partial charge >= 0.3 is 0 Å². The number of sulfonamides is 1. The summed E-state index contributed by atoms with van der Waals surface area (Å²) in [5.41, 5.74) is 1.13. The fourth-order valence-corrected chi connectivity index (χ4v) is 4.05. The average molecular weight is 297 g/mol. The molecule has 112 valence electrons. The normalized spacial score (nSPS) is 22.4. The number of benzene rings is 1. The van der Waals surface area contributed by atoms with Crippen LogP contribution < -0.4 is 0 Å². The van der Waals surface area contributed by atoms with E-state index in [9.17, 15) is 13.5 Å². The van der Waals surface area contributed by atoms with Crippen molar-refractivity contribution < 1.29 is 13.5 Å². The van der Waals surface area contributed by atoms with Gasteiger partial charge in [0.05, 0.1) is 11.0 Å². The van der Waals surface area contributed by atoms with Crippen LogP contribution in [0.25, 0.3) is 0 Å². The molecule has 0 aromatic heterocycles. The number of hydrogen-bond acceptors (Lipinski definition) is 3. The van der Waals surface area contributed by atoms with Gasteiger partial charge in [-0.15, -0.1) is 0 Å². The van der Waals surface area contributed by atoms with Crippen LogP contribution in [0.2, 0.25) is 0 Å². The predicted octanol–water partition coefficient (Wildman–Crippen LogP) is 2.20. The van der Waals surface area contributed by atoms with Crippen LogP contribution in [0.4, 0.5) is 0 Å². The molecular formula is C15H23NO3S. The minimum Gasteiger partial charge on any atom is -0.393 e. The fourth-order valence-electron chi connectivity index (χ4n) is 2.54. The third kappa shape index (κ3) is 3.05. The van der Waals surface area contributed by atoms with Gasteiger partial charge in [-0.3, -0.25) is 0 Å². The first-order valence-electron chi connectivity index (χ1n) is 7.10. The van der Waals surface area contributed by atoms with E-state index in [4.69, 9.17) is 0 Å². The summed E-state index contributed by atoms with van der Waals surface area (Å²) in [6, 6.07) is 7.11. The van der Waals surface area contributed by atoms with Gasteiger partial charge in [0, 0.05) is 13.1 Å². The highest BCUT2D eigenvalue weighted by atomic mass is 32.2. The van der Waals surface area contributed by atoms with Crippen LogP contribution in [0.15, 0.2) is 29.2 Å². The van der Waals surface area contributed by atoms with E-state index in [2.05, 4.69) is 13.8 Å². The van der Waals surface area contributed by atoms with E-state index in [1.807, 2.05) is 12.1 Å². The summed E-state index contributed by atoms with van der Waals surface area (Å²) >= 11 is 0. The highest BCUT2D eigenvalue weighted by Gasteiger charge is 2.34. The van der Waals surface area contributed by atoms with Crippen LogP contribution in [-0.2, 0) is 10.0 Å². The van der Waals surface area contributed by atoms with E-state index in [0.29, 0.717) is 23.9 Å². The molecule has 2 unspecified atom stereocenters. The molecule has 1 heterocycles. The number of nitrogens with zero attached hydrogens (tertiary/aromatic N) is 1. The molecule has 0 bridgehead atoms. The summed E-state index contributed by atoms with van der Waals surface area (Å²) in [5.74, 6) is 0.429. The second-order valence-corrected chi connectivity index (χ2v) is 7.81. The Morgan fingerprint density at radius 1 is 1.20 bits per heavy atom. The van der Waals surface area contributed by atoms with Crippen molar-refractivity contribution in [3.63, 3.8) is 0 Å². The standard InChI is InChI=1S/C15H23NO3S/c1-11(2)13-4-6-15(7-5-13)20(18,19)16-9-8-14(10-16)12(3)17/h4-7,11-12,14,17H,8-10H2,1-3H3. The number of rotatable bonds is 4. The molecule has 0 spiro atoms. The van der Waals surface area contributed by atoms with Crippen LogP contribution in [0.5, 0.6) is 0 Å². The van der Waals surface area contributed by atoms with Gasteiger partial charge in [0.25, 0.3) is 0 Å². The van der Waals surface area contributed by atoms with Gasteiger partial charge in [-0.25, -0.2) is 8.42 Å². The molecule has 2 atom stereocenters. The SMILES string of the molecule is CC(C)c1ccc(S(=O)(=O)N2CCC(C(C)O)C2)cc1. The van der Waals surface area contributed by atoms with Crippen molar-refractivity contribution in [1.82, 2.24) is 4.31 Å². The lowest BCUT2D eigenvalue weighted by Gasteiger charge is -2.18. The zero-order chi connectivity index (χ0) is 14.9. The molecule has 1 aromatic carbocycles. The highest BCUT2D eigenvalue weighted by molar-refractivity contribution is 7.89. The van der Waals surface area contributed by atoms with Crippen molar-refractivity contribution in [3.05, 3.63) is 29.8 Å². The molecular weight excluding hydrogens is 274 g/mol. The van der Waals surface area contributed by atoms with Gasteiger partial charge in [0.1, 0.15) is 0 Å². The Morgan fingerprint density at radius 3 is 2.25 bits per heavy atom. The first-order valence-corrected chi connectivity index (χ1v) is 8.54. The summed E-state index contributed by atoms with van der Waals surface area (Å²) in [4.78, 5) is 0.341. The van der Waals surface area contributed by atoms with E-state index in [1.165, 1.54) is 4.31 Å². The Balaban J connectivity index is 2.19. The first kappa shape index (κ1) is 15.5. The molecule has 1 aliphatic heterocycles. The highest BCUT2D eigenvalue weighted by Crippen LogP contribution is 2.27. The summed E-state index contributed by atoms with van der Waals surface area (Å²) in [6.07, 6.45) is 0.263. The third-order valence-electron chi connectivity index (χ3n) is 4.05. The Morgan fingerprint density at radius 2 is 1.80 bits per heavy atom. The molecule has 1 saturated heterocycles. The largest absolute Gasteiger partial charge is 0.393 e. The van der Waals surface area contributed by atoms with Crippen LogP contribution in [0, 0.1) is 5.92 Å². The number of hydrogen-bond donors (Lipinski definition) is 1. The van der Waals surface area contributed by atoms with Gasteiger partial charge in [0.2, 0.25) is 10.0 Å². The minimum absolute atomic E-state index is 0.0414. The average Bonchev–Trinajstić information content (AvgIpc) is 2.89. The van der Waals surface area contributed by atoms with Gasteiger partial charge in [0.15, 0.2) is 0 Å². The summed E-state index contributed by atoms with van der Waals surface area (Å²) in [7, 11) is -3.43. The maximum Gasteiger partial charge on any atom is 0.243 e. The van der Waals surface area contributed by atoms with E-state index >= 15 is 0 Å². The topological polar surface area (TPSA) is 57.6 Å².